The van der Waals surface area contributed by atoms with Crippen LogP contribution in [-0.4, -0.2) is 97.1 Å². The molecule has 2 saturated heterocycles. The number of nitrogens with zero attached hydrogens (tertiary/aromatic N) is 4. The summed E-state index contributed by atoms with van der Waals surface area (Å²) in [4.78, 5) is 37.5. The van der Waals surface area contributed by atoms with E-state index in [0.29, 0.717) is 32.0 Å². The van der Waals surface area contributed by atoms with E-state index in [1.54, 1.807) is 0 Å². The number of likely N-dealkylation sites (tertiary alicyclic amines) is 1. The Morgan fingerprint density at radius 3 is 2.48 bits per heavy atom. The zero-order valence-corrected chi connectivity index (χ0v) is 20.9. The molecule has 0 N–H and O–H groups in total. The molecule has 0 aliphatic carbocycles. The summed E-state index contributed by atoms with van der Waals surface area (Å²) in [7, 11) is 4.13. The van der Waals surface area contributed by atoms with Crippen molar-refractivity contribution in [3.8, 4) is 0 Å². The molecule has 0 saturated carbocycles. The van der Waals surface area contributed by atoms with Gasteiger partial charge in [0.25, 0.3) is 0 Å². The Morgan fingerprint density at radius 1 is 1.15 bits per heavy atom. The molecule has 2 aliphatic rings. The maximum absolute atomic E-state index is 12.9. The number of hydroxylamine groups is 2. The van der Waals surface area contributed by atoms with Crippen molar-refractivity contribution in [3.05, 3.63) is 35.9 Å². The first-order valence-electron chi connectivity index (χ1n) is 12.5. The highest BCUT2D eigenvalue weighted by Crippen LogP contribution is 2.23. The van der Waals surface area contributed by atoms with Crippen LogP contribution in [0.5, 0.6) is 0 Å². The van der Waals surface area contributed by atoms with E-state index in [9.17, 15) is 9.59 Å². The number of aldehydes is 1. The van der Waals surface area contributed by atoms with Crippen LogP contribution in [0.15, 0.2) is 30.3 Å². The SMILES string of the molecule is CC(C)CC(C=O)ON(CCCc1ccccc1)C1CN(C2CCN(C)CC2)C(=O)CN1C. The van der Waals surface area contributed by atoms with E-state index in [-0.39, 0.29) is 18.1 Å². The third kappa shape index (κ3) is 7.60. The maximum atomic E-state index is 12.9. The van der Waals surface area contributed by atoms with Crippen molar-refractivity contribution in [1.29, 1.82) is 0 Å². The van der Waals surface area contributed by atoms with E-state index >= 15 is 0 Å². The van der Waals surface area contributed by atoms with Gasteiger partial charge in [-0.15, -0.1) is 0 Å². The summed E-state index contributed by atoms with van der Waals surface area (Å²) in [5.41, 5.74) is 1.30. The van der Waals surface area contributed by atoms with Crippen molar-refractivity contribution < 1.29 is 14.4 Å². The monoisotopic (exact) mass is 458 g/mol. The second kappa shape index (κ2) is 12.6. The maximum Gasteiger partial charge on any atom is 0.237 e. The first-order valence-corrected chi connectivity index (χ1v) is 12.5. The van der Waals surface area contributed by atoms with Crippen LogP contribution in [0.4, 0.5) is 0 Å². The second-order valence-corrected chi connectivity index (χ2v) is 10.1. The largest absolute Gasteiger partial charge is 0.335 e. The number of aryl methyl sites for hydroxylation is 1. The van der Waals surface area contributed by atoms with E-state index in [2.05, 4.69) is 59.9 Å². The molecule has 1 aromatic carbocycles. The molecule has 33 heavy (non-hydrogen) atoms. The van der Waals surface area contributed by atoms with Gasteiger partial charge in [-0.3, -0.25) is 14.5 Å². The molecule has 2 atom stereocenters. The van der Waals surface area contributed by atoms with Crippen molar-refractivity contribution in [2.75, 3.05) is 46.8 Å². The molecule has 2 aliphatic heterocycles. The smallest absolute Gasteiger partial charge is 0.237 e. The fourth-order valence-corrected chi connectivity index (χ4v) is 4.91. The van der Waals surface area contributed by atoms with E-state index in [0.717, 1.165) is 45.1 Å². The van der Waals surface area contributed by atoms with Crippen molar-refractivity contribution in [3.63, 3.8) is 0 Å². The number of piperazine rings is 1. The standard InChI is InChI=1S/C26H42N4O3/c1-21(2)17-24(20-31)33-30(14-8-11-22-9-6-5-7-10-22)25-18-29(26(32)19-28(25)4)23-12-15-27(3)16-13-23/h5-7,9-10,20-21,23-25H,8,11-19H2,1-4H3. The Balaban J connectivity index is 1.71. The molecule has 3 rings (SSSR count). The normalized spacial score (nSPS) is 22.3. The minimum absolute atomic E-state index is 0.0623. The van der Waals surface area contributed by atoms with Gasteiger partial charge in [0.2, 0.25) is 5.91 Å². The number of likely N-dealkylation sites (N-methyl/N-ethyl adjacent to an activating group) is 1. The fraction of sp³-hybridized carbons (Fsp3) is 0.692. The van der Waals surface area contributed by atoms with Crippen molar-refractivity contribution in [1.82, 2.24) is 19.8 Å². The lowest BCUT2D eigenvalue weighted by Crippen LogP contribution is -2.64. The van der Waals surface area contributed by atoms with Gasteiger partial charge in [-0.1, -0.05) is 44.2 Å². The van der Waals surface area contributed by atoms with Crippen LogP contribution in [0.2, 0.25) is 0 Å². The lowest BCUT2D eigenvalue weighted by atomic mass is 10.0. The minimum Gasteiger partial charge on any atom is -0.335 e. The van der Waals surface area contributed by atoms with Crippen LogP contribution in [0.1, 0.15) is 45.1 Å². The summed E-state index contributed by atoms with van der Waals surface area (Å²) in [6.45, 7) is 7.96. The lowest BCUT2D eigenvalue weighted by molar-refractivity contribution is -0.250. The predicted molar refractivity (Wildman–Crippen MR) is 131 cm³/mol. The average molecular weight is 459 g/mol. The van der Waals surface area contributed by atoms with Gasteiger partial charge in [-0.05, 0) is 70.8 Å². The van der Waals surface area contributed by atoms with Crippen LogP contribution in [0.3, 0.4) is 0 Å². The molecular formula is C26H42N4O3. The van der Waals surface area contributed by atoms with Gasteiger partial charge in [0.05, 0.1) is 13.1 Å². The number of carbonyl (C=O) groups is 2. The third-order valence-corrected chi connectivity index (χ3v) is 6.85. The Labute approximate surface area is 199 Å². The molecule has 7 heteroatoms. The van der Waals surface area contributed by atoms with Crippen LogP contribution in [0, 0.1) is 5.92 Å². The number of amides is 1. The molecule has 0 aromatic heterocycles. The number of piperidine rings is 1. The summed E-state index contributed by atoms with van der Waals surface area (Å²) in [5, 5.41) is 1.98. The van der Waals surface area contributed by atoms with E-state index in [4.69, 9.17) is 4.84 Å². The van der Waals surface area contributed by atoms with Gasteiger partial charge in [-0.25, -0.2) is 0 Å². The number of hydrogen-bond donors (Lipinski definition) is 0. The number of benzene rings is 1. The summed E-state index contributed by atoms with van der Waals surface area (Å²) < 4.78 is 0. The van der Waals surface area contributed by atoms with Gasteiger partial charge >= 0.3 is 0 Å². The highest BCUT2D eigenvalue weighted by atomic mass is 16.7. The summed E-state index contributed by atoms with van der Waals surface area (Å²) in [5.74, 6) is 0.564. The van der Waals surface area contributed by atoms with Crippen LogP contribution >= 0.6 is 0 Å². The minimum atomic E-state index is -0.468. The number of carbonyl (C=O) groups excluding carboxylic acids is 2. The molecule has 7 nitrogen and oxygen atoms in total. The summed E-state index contributed by atoms with van der Waals surface area (Å²) in [6.07, 6.45) is 4.97. The molecule has 2 heterocycles. The molecule has 1 aromatic rings. The summed E-state index contributed by atoms with van der Waals surface area (Å²) in [6, 6.07) is 10.7. The lowest BCUT2D eigenvalue weighted by Gasteiger charge is -2.48. The number of rotatable bonds is 11. The van der Waals surface area contributed by atoms with E-state index in [1.165, 1.54) is 5.56 Å². The van der Waals surface area contributed by atoms with Crippen molar-refractivity contribution in [2.24, 2.45) is 5.92 Å². The quantitative estimate of drug-likeness (QED) is 0.375. The van der Waals surface area contributed by atoms with Gasteiger partial charge in [0.1, 0.15) is 12.3 Å². The first kappa shape index (κ1) is 25.8. The molecule has 1 amide bonds. The first-order chi connectivity index (χ1) is 15.9. The Bertz CT molecular complexity index is 736. The molecule has 184 valence electrons. The Kier molecular flexibility index (Phi) is 9.86. The highest BCUT2D eigenvalue weighted by molar-refractivity contribution is 5.79. The topological polar surface area (TPSA) is 56.3 Å². The molecule has 2 fully saturated rings. The van der Waals surface area contributed by atoms with E-state index < -0.39 is 6.10 Å². The summed E-state index contributed by atoms with van der Waals surface area (Å²) >= 11 is 0. The fourth-order valence-electron chi connectivity index (χ4n) is 4.91. The molecule has 0 radical (unpaired) electrons. The van der Waals surface area contributed by atoms with Crippen LogP contribution < -0.4 is 0 Å². The van der Waals surface area contributed by atoms with Crippen molar-refractivity contribution >= 4 is 12.2 Å². The highest BCUT2D eigenvalue weighted by Gasteiger charge is 2.38. The second-order valence-electron chi connectivity index (χ2n) is 10.1. The van der Waals surface area contributed by atoms with Gasteiger partial charge in [0.15, 0.2) is 6.29 Å². The predicted octanol–water partition coefficient (Wildman–Crippen LogP) is 2.66. The third-order valence-electron chi connectivity index (χ3n) is 6.85. The zero-order valence-electron chi connectivity index (χ0n) is 20.9. The van der Waals surface area contributed by atoms with Gasteiger partial charge in [-0.2, -0.15) is 5.06 Å². The van der Waals surface area contributed by atoms with Crippen LogP contribution in [0.25, 0.3) is 0 Å². The average Bonchev–Trinajstić information content (AvgIpc) is 2.79. The molecule has 2 unspecified atom stereocenters. The van der Waals surface area contributed by atoms with Gasteiger partial charge < -0.3 is 14.6 Å². The molecular weight excluding hydrogens is 416 g/mol. The van der Waals surface area contributed by atoms with Crippen LogP contribution in [-0.2, 0) is 20.8 Å². The van der Waals surface area contributed by atoms with Crippen molar-refractivity contribution in [2.45, 2.75) is 64.3 Å². The zero-order chi connectivity index (χ0) is 23.8. The molecule has 0 bridgehead atoms. The number of hydrogen-bond acceptors (Lipinski definition) is 6. The Hall–Kier alpha value is -1.80. The molecule has 0 spiro atoms. The Morgan fingerprint density at radius 2 is 1.85 bits per heavy atom. The van der Waals surface area contributed by atoms with Gasteiger partial charge in [0, 0.05) is 12.6 Å². The van der Waals surface area contributed by atoms with E-state index in [1.807, 2.05) is 18.2 Å².